The predicted octanol–water partition coefficient (Wildman–Crippen LogP) is 4.27. The van der Waals surface area contributed by atoms with Gasteiger partial charge in [0, 0.05) is 35.4 Å². The zero-order chi connectivity index (χ0) is 16.3. The number of nitrogens with zero attached hydrogens (tertiary/aromatic N) is 2. The van der Waals surface area contributed by atoms with Gasteiger partial charge in [-0.2, -0.15) is 0 Å². The molecule has 0 heterocycles. The Bertz CT molecular complexity index is 690. The summed E-state index contributed by atoms with van der Waals surface area (Å²) in [6, 6.07) is 8.54. The molecule has 0 aliphatic carbocycles. The van der Waals surface area contributed by atoms with E-state index < -0.39 is 21.5 Å². The molecule has 0 saturated carbocycles. The molecule has 0 saturated heterocycles. The first-order valence-corrected chi connectivity index (χ1v) is 5.95. The molecule has 0 fully saturated rings. The van der Waals surface area contributed by atoms with Crippen molar-refractivity contribution in [1.82, 2.24) is 0 Å². The lowest BCUT2D eigenvalue weighted by molar-refractivity contribution is -0.385. The zero-order valence-electron chi connectivity index (χ0n) is 10.9. The number of nitro benzene ring substituents is 2. The maximum absolute atomic E-state index is 14.0. The molecule has 0 unspecified atom stereocenters. The minimum Gasteiger partial charge on any atom is -0.258 e. The molecule has 0 atom stereocenters. The highest BCUT2D eigenvalue weighted by Crippen LogP contribution is 2.30. The maximum Gasteiger partial charge on any atom is 0.269 e. The number of non-ortho nitro benzene ring substituents is 2. The highest BCUT2D eigenvalue weighted by atomic mass is 19.2. The summed E-state index contributed by atoms with van der Waals surface area (Å²) in [5, 5.41) is 21.0. The maximum atomic E-state index is 14.0. The fourth-order valence-corrected chi connectivity index (χ4v) is 1.71. The van der Waals surface area contributed by atoms with Crippen LogP contribution in [0, 0.1) is 20.2 Å². The average Bonchev–Trinajstić information content (AvgIpc) is 2.53. The van der Waals surface area contributed by atoms with Gasteiger partial charge in [0.25, 0.3) is 11.4 Å². The molecule has 0 bridgehead atoms. The summed E-state index contributed by atoms with van der Waals surface area (Å²) >= 11 is 0. The first-order valence-electron chi connectivity index (χ1n) is 5.95. The summed E-state index contributed by atoms with van der Waals surface area (Å²) in [5.74, 6) is -2.41. The Morgan fingerprint density at radius 3 is 1.18 bits per heavy atom. The van der Waals surface area contributed by atoms with Crippen LogP contribution < -0.4 is 0 Å². The second-order valence-corrected chi connectivity index (χ2v) is 4.24. The first kappa shape index (κ1) is 15.2. The van der Waals surface area contributed by atoms with Crippen molar-refractivity contribution in [3.05, 3.63) is 79.9 Å². The fourth-order valence-electron chi connectivity index (χ4n) is 1.71. The lowest BCUT2D eigenvalue weighted by atomic mass is 10.1. The van der Waals surface area contributed by atoms with Crippen molar-refractivity contribution >= 4 is 23.0 Å². The average molecular weight is 306 g/mol. The molecule has 6 nitrogen and oxygen atoms in total. The van der Waals surface area contributed by atoms with Crippen molar-refractivity contribution in [1.29, 1.82) is 0 Å². The van der Waals surface area contributed by atoms with E-state index in [1.54, 1.807) is 0 Å². The lowest BCUT2D eigenvalue weighted by Gasteiger charge is -2.02. The topological polar surface area (TPSA) is 86.3 Å². The molecule has 112 valence electrons. The summed E-state index contributed by atoms with van der Waals surface area (Å²) in [6.45, 7) is 0. The van der Waals surface area contributed by atoms with Gasteiger partial charge in [-0.1, -0.05) is 0 Å². The molecule has 0 aliphatic rings. The summed E-state index contributed by atoms with van der Waals surface area (Å²) < 4.78 is 28.0. The zero-order valence-corrected chi connectivity index (χ0v) is 10.9. The van der Waals surface area contributed by atoms with Gasteiger partial charge in [0.05, 0.1) is 9.85 Å². The number of hydrogen-bond acceptors (Lipinski definition) is 4. The summed E-state index contributed by atoms with van der Waals surface area (Å²) in [6.07, 6.45) is 0. The minimum atomic E-state index is -1.20. The molecule has 0 N–H and O–H groups in total. The van der Waals surface area contributed by atoms with E-state index in [0.717, 1.165) is 48.5 Å². The molecular formula is C14H8F2N2O4. The van der Waals surface area contributed by atoms with E-state index in [0.29, 0.717) is 0 Å². The summed E-state index contributed by atoms with van der Waals surface area (Å²) in [5.41, 5.74) is -0.817. The van der Waals surface area contributed by atoms with Crippen LogP contribution in [0.5, 0.6) is 0 Å². The van der Waals surface area contributed by atoms with Gasteiger partial charge in [-0.05, 0) is 24.3 Å². The number of hydrogen-bond donors (Lipinski definition) is 0. The lowest BCUT2D eigenvalue weighted by Crippen LogP contribution is -1.90. The SMILES string of the molecule is O=[N+]([O-])c1ccc(/C(F)=C(/F)c2ccc([N+](=O)[O-])cc2)cc1. The number of benzene rings is 2. The third-order valence-electron chi connectivity index (χ3n) is 2.86. The van der Waals surface area contributed by atoms with Crippen LogP contribution in [0.1, 0.15) is 11.1 Å². The summed E-state index contributed by atoms with van der Waals surface area (Å²) in [7, 11) is 0. The normalized spacial score (nSPS) is 11.7. The van der Waals surface area contributed by atoms with Gasteiger partial charge in [-0.15, -0.1) is 0 Å². The van der Waals surface area contributed by atoms with Gasteiger partial charge in [0.15, 0.2) is 11.7 Å². The van der Waals surface area contributed by atoms with Crippen LogP contribution in [0.25, 0.3) is 11.7 Å². The molecule has 0 spiro atoms. The van der Waals surface area contributed by atoms with Crippen LogP contribution in [-0.2, 0) is 0 Å². The molecule has 0 amide bonds. The third-order valence-corrected chi connectivity index (χ3v) is 2.86. The van der Waals surface area contributed by atoms with Crippen LogP contribution in [0.15, 0.2) is 48.5 Å². The largest absolute Gasteiger partial charge is 0.269 e. The Morgan fingerprint density at radius 1 is 0.682 bits per heavy atom. The predicted molar refractivity (Wildman–Crippen MR) is 75.2 cm³/mol. The van der Waals surface area contributed by atoms with Crippen molar-refractivity contribution in [3.63, 3.8) is 0 Å². The summed E-state index contributed by atoms with van der Waals surface area (Å²) in [4.78, 5) is 19.7. The second kappa shape index (κ2) is 6.08. The van der Waals surface area contributed by atoms with Gasteiger partial charge in [-0.3, -0.25) is 20.2 Å². The Morgan fingerprint density at radius 2 is 0.955 bits per heavy atom. The molecule has 22 heavy (non-hydrogen) atoms. The van der Waals surface area contributed by atoms with Crippen molar-refractivity contribution in [2.24, 2.45) is 0 Å². The van der Waals surface area contributed by atoms with E-state index in [1.165, 1.54) is 0 Å². The van der Waals surface area contributed by atoms with Gasteiger partial charge in [0.2, 0.25) is 0 Å². The van der Waals surface area contributed by atoms with Gasteiger partial charge >= 0.3 is 0 Å². The molecule has 0 aromatic heterocycles. The quantitative estimate of drug-likeness (QED) is 0.479. The third kappa shape index (κ3) is 3.11. The Kier molecular flexibility index (Phi) is 4.21. The molecule has 2 rings (SSSR count). The van der Waals surface area contributed by atoms with Crippen LogP contribution in [0.2, 0.25) is 0 Å². The highest BCUT2D eigenvalue weighted by molar-refractivity contribution is 5.83. The van der Waals surface area contributed by atoms with E-state index in [-0.39, 0.29) is 22.5 Å². The fraction of sp³-hybridized carbons (Fsp3) is 0. The van der Waals surface area contributed by atoms with Gasteiger partial charge in [0.1, 0.15) is 0 Å². The Labute approximate surface area is 122 Å². The monoisotopic (exact) mass is 306 g/mol. The molecule has 0 radical (unpaired) electrons. The van der Waals surface area contributed by atoms with E-state index in [4.69, 9.17) is 0 Å². The van der Waals surface area contributed by atoms with E-state index in [9.17, 15) is 29.0 Å². The van der Waals surface area contributed by atoms with Crippen molar-refractivity contribution in [3.8, 4) is 0 Å². The van der Waals surface area contributed by atoms with E-state index >= 15 is 0 Å². The standard InChI is InChI=1S/C14H8F2N2O4/c15-13(9-1-5-11(6-2-9)17(19)20)14(16)10-3-7-12(8-4-10)18(21)22/h1-8H/b14-13-. The van der Waals surface area contributed by atoms with Crippen molar-refractivity contribution in [2.75, 3.05) is 0 Å². The molecule has 0 aliphatic heterocycles. The minimum absolute atomic E-state index is 0.165. The van der Waals surface area contributed by atoms with Gasteiger partial charge in [-0.25, -0.2) is 8.78 Å². The van der Waals surface area contributed by atoms with Crippen LogP contribution in [0.3, 0.4) is 0 Å². The van der Waals surface area contributed by atoms with Crippen molar-refractivity contribution < 1.29 is 18.6 Å². The Balaban J connectivity index is 2.35. The number of nitro groups is 2. The second-order valence-electron chi connectivity index (χ2n) is 4.24. The number of halogens is 2. The van der Waals surface area contributed by atoms with Crippen LogP contribution >= 0.6 is 0 Å². The van der Waals surface area contributed by atoms with Crippen molar-refractivity contribution in [2.45, 2.75) is 0 Å². The van der Waals surface area contributed by atoms with Crippen LogP contribution in [0.4, 0.5) is 20.2 Å². The van der Waals surface area contributed by atoms with Crippen LogP contribution in [-0.4, -0.2) is 9.85 Å². The molecule has 8 heteroatoms. The molecular weight excluding hydrogens is 298 g/mol. The molecule has 2 aromatic carbocycles. The highest BCUT2D eigenvalue weighted by Gasteiger charge is 2.14. The Hall–Kier alpha value is -3.16. The molecule has 2 aromatic rings. The number of rotatable bonds is 4. The van der Waals surface area contributed by atoms with E-state index in [2.05, 4.69) is 0 Å². The smallest absolute Gasteiger partial charge is 0.258 e. The first-order chi connectivity index (χ1) is 10.4. The van der Waals surface area contributed by atoms with E-state index in [1.807, 2.05) is 0 Å². The van der Waals surface area contributed by atoms with Gasteiger partial charge < -0.3 is 0 Å².